The molecule has 1 aromatic carbocycles. The van der Waals surface area contributed by atoms with E-state index < -0.39 is 21.9 Å². The lowest BCUT2D eigenvalue weighted by molar-refractivity contribution is 0.0674. The number of pyridine rings is 1. The Morgan fingerprint density at radius 2 is 1.61 bits per heavy atom. The summed E-state index contributed by atoms with van der Waals surface area (Å²) >= 11 is 0. The molecule has 2 aromatic rings. The molecule has 9 heteroatoms. The predicted octanol–water partition coefficient (Wildman–Crippen LogP) is 2.63. The number of aromatic nitrogens is 1. The van der Waals surface area contributed by atoms with E-state index in [0.717, 1.165) is 25.7 Å². The van der Waals surface area contributed by atoms with Crippen molar-refractivity contribution in [3.05, 3.63) is 65.5 Å². The summed E-state index contributed by atoms with van der Waals surface area (Å²) in [5, 5.41) is 9.46. The highest BCUT2D eigenvalue weighted by molar-refractivity contribution is 7.89. The van der Waals surface area contributed by atoms with Crippen LogP contribution in [0.5, 0.6) is 0 Å². The van der Waals surface area contributed by atoms with E-state index in [4.69, 9.17) is 0 Å². The van der Waals surface area contributed by atoms with E-state index in [1.165, 1.54) is 21.3 Å². The molecular formula is C22H27N3O5S. The van der Waals surface area contributed by atoms with E-state index in [1.54, 1.807) is 36.5 Å². The fraction of sp³-hybridized carbons (Fsp3) is 0.409. The number of amides is 1. The number of carbonyl (C=O) groups is 2. The van der Waals surface area contributed by atoms with Gasteiger partial charge in [-0.05, 0) is 37.1 Å². The van der Waals surface area contributed by atoms with Gasteiger partial charge in [-0.2, -0.15) is 0 Å². The molecule has 0 aliphatic carbocycles. The largest absolute Gasteiger partial charge is 0.478 e. The van der Waals surface area contributed by atoms with Crippen molar-refractivity contribution >= 4 is 21.9 Å². The molecule has 1 N–H and O–H groups in total. The first kappa shape index (κ1) is 22.9. The molecule has 31 heavy (non-hydrogen) atoms. The summed E-state index contributed by atoms with van der Waals surface area (Å²) in [6.07, 6.45) is 5.30. The number of sulfonamides is 1. The number of carboxylic acids is 1. The summed E-state index contributed by atoms with van der Waals surface area (Å²) in [6, 6.07) is 11.2. The van der Waals surface area contributed by atoms with Gasteiger partial charge in [-0.25, -0.2) is 17.5 Å². The fourth-order valence-corrected chi connectivity index (χ4v) is 5.16. The third-order valence-corrected chi connectivity index (χ3v) is 7.18. The van der Waals surface area contributed by atoms with Gasteiger partial charge in [0, 0.05) is 25.8 Å². The van der Waals surface area contributed by atoms with Gasteiger partial charge < -0.3 is 10.0 Å². The summed E-state index contributed by atoms with van der Waals surface area (Å²) < 4.78 is 27.3. The van der Waals surface area contributed by atoms with E-state index in [1.807, 2.05) is 0 Å². The molecule has 1 amide bonds. The van der Waals surface area contributed by atoms with E-state index in [-0.39, 0.29) is 30.0 Å². The second kappa shape index (κ2) is 10.5. The van der Waals surface area contributed by atoms with Crippen molar-refractivity contribution < 1.29 is 23.1 Å². The fourth-order valence-electron chi connectivity index (χ4n) is 3.64. The lowest BCUT2D eigenvalue weighted by Gasteiger charge is -2.25. The Morgan fingerprint density at radius 1 is 0.968 bits per heavy atom. The molecular weight excluding hydrogens is 418 g/mol. The molecule has 1 aromatic heterocycles. The average Bonchev–Trinajstić information content (AvgIpc) is 3.07. The average molecular weight is 446 g/mol. The number of aromatic carboxylic acids is 1. The van der Waals surface area contributed by atoms with Gasteiger partial charge in [0.2, 0.25) is 10.0 Å². The topological polar surface area (TPSA) is 108 Å². The van der Waals surface area contributed by atoms with E-state index >= 15 is 0 Å². The molecule has 0 saturated carbocycles. The van der Waals surface area contributed by atoms with Gasteiger partial charge in [-0.3, -0.25) is 9.78 Å². The maximum atomic E-state index is 13.2. The Kier molecular flexibility index (Phi) is 7.75. The van der Waals surface area contributed by atoms with Crippen molar-refractivity contribution in [3.63, 3.8) is 0 Å². The first-order valence-corrected chi connectivity index (χ1v) is 12.0. The van der Waals surface area contributed by atoms with Crippen LogP contribution >= 0.6 is 0 Å². The standard InChI is InChI=1S/C22H27N3O5S/c26-21(19-10-3-4-11-20(19)22(27)28)24(17-18-9-5-6-12-23-18)15-16-31(29,30)25-13-7-1-2-8-14-25/h3-6,9-12H,1-2,7-8,13-17H2,(H,27,28). The van der Waals surface area contributed by atoms with Crippen molar-refractivity contribution in [2.24, 2.45) is 0 Å². The van der Waals surface area contributed by atoms with Gasteiger partial charge in [-0.15, -0.1) is 0 Å². The SMILES string of the molecule is O=C(O)c1ccccc1C(=O)N(CCS(=O)(=O)N1CCCCCC1)Cc1ccccn1. The minimum atomic E-state index is -3.53. The summed E-state index contributed by atoms with van der Waals surface area (Å²) in [6.45, 7) is 1.03. The zero-order valence-corrected chi connectivity index (χ0v) is 18.1. The number of hydrogen-bond donors (Lipinski definition) is 1. The zero-order chi connectivity index (χ0) is 22.3. The van der Waals surface area contributed by atoms with Crippen molar-refractivity contribution in [3.8, 4) is 0 Å². The van der Waals surface area contributed by atoms with Gasteiger partial charge in [0.05, 0.1) is 29.1 Å². The van der Waals surface area contributed by atoms with E-state index in [2.05, 4.69) is 4.98 Å². The summed E-state index contributed by atoms with van der Waals surface area (Å²) in [4.78, 5) is 30.4. The van der Waals surface area contributed by atoms with Crippen molar-refractivity contribution in [2.45, 2.75) is 32.2 Å². The summed E-state index contributed by atoms with van der Waals surface area (Å²) in [5.41, 5.74) is 0.503. The van der Waals surface area contributed by atoms with Gasteiger partial charge in [0.25, 0.3) is 5.91 Å². The van der Waals surface area contributed by atoms with Crippen LogP contribution in [0.4, 0.5) is 0 Å². The quantitative estimate of drug-likeness (QED) is 0.669. The highest BCUT2D eigenvalue weighted by Crippen LogP contribution is 2.17. The maximum absolute atomic E-state index is 13.2. The first-order valence-electron chi connectivity index (χ1n) is 10.4. The van der Waals surface area contributed by atoms with Gasteiger partial charge >= 0.3 is 5.97 Å². The molecule has 8 nitrogen and oxygen atoms in total. The second-order valence-corrected chi connectivity index (χ2v) is 9.62. The van der Waals surface area contributed by atoms with Crippen LogP contribution in [0.25, 0.3) is 0 Å². The monoisotopic (exact) mass is 445 g/mol. The number of nitrogens with zero attached hydrogens (tertiary/aromatic N) is 3. The summed E-state index contributed by atoms with van der Waals surface area (Å²) in [5.74, 6) is -1.96. The lowest BCUT2D eigenvalue weighted by Crippen LogP contribution is -2.40. The molecule has 0 unspecified atom stereocenters. The van der Waals surface area contributed by atoms with Crippen LogP contribution < -0.4 is 0 Å². The van der Waals surface area contributed by atoms with Crippen LogP contribution in [0.15, 0.2) is 48.7 Å². The van der Waals surface area contributed by atoms with Gasteiger partial charge in [-0.1, -0.05) is 31.0 Å². The van der Waals surface area contributed by atoms with Crippen molar-refractivity contribution in [1.29, 1.82) is 0 Å². The number of rotatable bonds is 8. The molecule has 0 radical (unpaired) electrons. The van der Waals surface area contributed by atoms with Crippen LogP contribution in [-0.2, 0) is 16.6 Å². The lowest BCUT2D eigenvalue weighted by atomic mass is 10.1. The minimum Gasteiger partial charge on any atom is -0.478 e. The van der Waals surface area contributed by atoms with Crippen molar-refractivity contribution in [2.75, 3.05) is 25.4 Å². The van der Waals surface area contributed by atoms with Crippen LogP contribution in [0.3, 0.4) is 0 Å². The third-order valence-electron chi connectivity index (χ3n) is 5.33. The van der Waals surface area contributed by atoms with Crippen LogP contribution in [0.2, 0.25) is 0 Å². The second-order valence-electron chi connectivity index (χ2n) is 7.53. The van der Waals surface area contributed by atoms with Crippen LogP contribution in [0, 0.1) is 0 Å². The van der Waals surface area contributed by atoms with E-state index in [0.29, 0.717) is 18.8 Å². The number of carboxylic acid groups (broad SMARTS) is 1. The Balaban J connectivity index is 1.83. The Labute approximate surface area is 182 Å². The van der Waals surface area contributed by atoms with Gasteiger partial charge in [0.1, 0.15) is 0 Å². The van der Waals surface area contributed by atoms with Crippen molar-refractivity contribution in [1.82, 2.24) is 14.2 Å². The number of carbonyl (C=O) groups excluding carboxylic acids is 1. The highest BCUT2D eigenvalue weighted by Gasteiger charge is 2.27. The number of hydrogen-bond acceptors (Lipinski definition) is 5. The smallest absolute Gasteiger partial charge is 0.336 e. The molecule has 1 fully saturated rings. The Bertz CT molecular complexity index is 1000. The van der Waals surface area contributed by atoms with Crippen LogP contribution in [-0.4, -0.2) is 65.0 Å². The molecule has 1 aliphatic heterocycles. The Morgan fingerprint density at radius 3 is 2.23 bits per heavy atom. The normalized spacial score (nSPS) is 15.2. The molecule has 166 valence electrons. The molecule has 0 bridgehead atoms. The molecule has 1 saturated heterocycles. The maximum Gasteiger partial charge on any atom is 0.336 e. The van der Waals surface area contributed by atoms with Crippen LogP contribution in [0.1, 0.15) is 52.1 Å². The first-order chi connectivity index (χ1) is 14.9. The molecule has 2 heterocycles. The minimum absolute atomic E-state index is 0.0260. The number of benzene rings is 1. The van der Waals surface area contributed by atoms with Gasteiger partial charge in [0.15, 0.2) is 0 Å². The Hall–Kier alpha value is -2.78. The zero-order valence-electron chi connectivity index (χ0n) is 17.3. The summed E-state index contributed by atoms with van der Waals surface area (Å²) in [7, 11) is -3.53. The highest BCUT2D eigenvalue weighted by atomic mass is 32.2. The molecule has 0 spiro atoms. The molecule has 3 rings (SSSR count). The predicted molar refractivity (Wildman–Crippen MR) is 116 cm³/mol. The molecule has 1 aliphatic rings. The molecule has 0 atom stereocenters. The third kappa shape index (κ3) is 6.11. The van der Waals surface area contributed by atoms with E-state index in [9.17, 15) is 23.1 Å².